The van der Waals surface area contributed by atoms with Gasteiger partial charge < -0.3 is 0 Å². The molecule has 1 amide bonds. The van der Waals surface area contributed by atoms with Gasteiger partial charge in [-0.05, 0) is 51.3 Å². The fraction of sp³-hybridized carbons (Fsp3) is 0.111. The normalized spacial score (nSPS) is 17.1. The Bertz CT molecular complexity index is 888. The minimum absolute atomic E-state index is 0.0880. The summed E-state index contributed by atoms with van der Waals surface area (Å²) in [5.74, 6) is -0.165. The van der Waals surface area contributed by atoms with E-state index in [1.54, 1.807) is 39.8 Å². The third kappa shape index (κ3) is 2.79. The van der Waals surface area contributed by atoms with Gasteiger partial charge in [-0.2, -0.15) is 27.8 Å². The summed E-state index contributed by atoms with van der Waals surface area (Å²) in [6.45, 7) is 0. The molecule has 6 heteroatoms. The minimum atomic E-state index is -0.165. The van der Waals surface area contributed by atoms with E-state index < -0.39 is 0 Å². The van der Waals surface area contributed by atoms with E-state index in [9.17, 15) is 4.79 Å². The zero-order chi connectivity index (χ0) is 16.5. The van der Waals surface area contributed by atoms with Crippen LogP contribution in [0.1, 0.15) is 33.9 Å². The van der Waals surface area contributed by atoms with E-state index in [1.165, 1.54) is 0 Å². The van der Waals surface area contributed by atoms with Crippen molar-refractivity contribution in [1.82, 2.24) is 5.01 Å². The van der Waals surface area contributed by atoms with Gasteiger partial charge >= 0.3 is 0 Å². The van der Waals surface area contributed by atoms with Crippen LogP contribution in [0.3, 0.4) is 0 Å². The fourth-order valence-corrected chi connectivity index (χ4v) is 4.37. The molecule has 3 nitrogen and oxygen atoms in total. The largest absolute Gasteiger partial charge is 0.276 e. The second-order valence-electron chi connectivity index (χ2n) is 5.46. The molecule has 0 bridgehead atoms. The predicted octanol–water partition coefficient (Wildman–Crippen LogP) is 5.45. The molecule has 3 heterocycles. The van der Waals surface area contributed by atoms with Crippen molar-refractivity contribution in [3.63, 3.8) is 0 Å². The summed E-state index contributed by atoms with van der Waals surface area (Å²) < 4.78 is 0. The number of benzene rings is 1. The Morgan fingerprint density at radius 3 is 2.62 bits per heavy atom. The van der Waals surface area contributed by atoms with Crippen molar-refractivity contribution < 1.29 is 4.79 Å². The van der Waals surface area contributed by atoms with Crippen LogP contribution >= 0.6 is 34.3 Å². The van der Waals surface area contributed by atoms with E-state index in [-0.39, 0.29) is 11.9 Å². The van der Waals surface area contributed by atoms with Crippen LogP contribution in [0.5, 0.6) is 0 Å². The number of thiophene rings is 2. The van der Waals surface area contributed by atoms with Crippen molar-refractivity contribution in [2.75, 3.05) is 0 Å². The van der Waals surface area contributed by atoms with Crippen molar-refractivity contribution in [3.8, 4) is 0 Å². The second-order valence-corrected chi connectivity index (χ2v) is 7.43. The van der Waals surface area contributed by atoms with Crippen LogP contribution in [0.4, 0.5) is 0 Å². The van der Waals surface area contributed by atoms with Crippen molar-refractivity contribution in [2.45, 2.75) is 12.5 Å². The van der Waals surface area contributed by atoms with Crippen LogP contribution in [0, 0.1) is 0 Å². The highest BCUT2D eigenvalue weighted by atomic mass is 35.5. The molecule has 0 spiro atoms. The molecule has 1 aliphatic rings. The Labute approximate surface area is 152 Å². The monoisotopic (exact) mass is 372 g/mol. The van der Waals surface area contributed by atoms with Gasteiger partial charge in [0.25, 0.3) is 5.91 Å². The lowest BCUT2D eigenvalue weighted by Gasteiger charge is -2.21. The van der Waals surface area contributed by atoms with Gasteiger partial charge in [0.15, 0.2) is 0 Å². The SMILES string of the molecule is O=C(c1ccccc1Cl)N1N=C(c2ccsc2)CC1c1ccsc1. The molecule has 2 aromatic heterocycles. The summed E-state index contributed by atoms with van der Waals surface area (Å²) in [4.78, 5) is 13.0. The third-order valence-electron chi connectivity index (χ3n) is 4.01. The lowest BCUT2D eigenvalue weighted by atomic mass is 10.0. The van der Waals surface area contributed by atoms with E-state index in [1.807, 2.05) is 35.0 Å². The Balaban J connectivity index is 1.74. The van der Waals surface area contributed by atoms with Crippen LogP contribution in [0.15, 0.2) is 63.0 Å². The van der Waals surface area contributed by atoms with E-state index in [0.717, 1.165) is 16.8 Å². The Morgan fingerprint density at radius 1 is 1.12 bits per heavy atom. The molecule has 0 saturated heterocycles. The fourth-order valence-electron chi connectivity index (χ4n) is 2.78. The van der Waals surface area contributed by atoms with Gasteiger partial charge in [0.1, 0.15) is 0 Å². The third-order valence-corrected chi connectivity index (χ3v) is 5.72. The number of amides is 1. The molecule has 0 N–H and O–H groups in total. The number of halogens is 1. The van der Waals surface area contributed by atoms with Gasteiger partial charge in [-0.3, -0.25) is 4.79 Å². The lowest BCUT2D eigenvalue weighted by molar-refractivity contribution is 0.0711. The summed E-state index contributed by atoms with van der Waals surface area (Å²) in [6.07, 6.45) is 0.712. The molecule has 3 aromatic rings. The number of hydrogen-bond donors (Lipinski definition) is 0. The molecule has 0 aliphatic carbocycles. The number of carbonyl (C=O) groups is 1. The van der Waals surface area contributed by atoms with Crippen molar-refractivity contribution in [3.05, 3.63) is 79.6 Å². The number of carbonyl (C=O) groups excluding carboxylic acids is 1. The molecule has 0 saturated carbocycles. The zero-order valence-corrected chi connectivity index (χ0v) is 14.9. The van der Waals surface area contributed by atoms with Crippen LogP contribution in [0.2, 0.25) is 5.02 Å². The maximum absolute atomic E-state index is 13.0. The molecule has 0 radical (unpaired) electrons. The molecule has 1 unspecified atom stereocenters. The smallest absolute Gasteiger partial charge is 0.267 e. The standard InChI is InChI=1S/C18H13ClN2OS2/c19-15-4-2-1-3-14(15)18(22)21-17(13-6-8-24-11-13)9-16(20-21)12-5-7-23-10-12/h1-8,10-11,17H,9H2. The molecule has 0 fully saturated rings. The first-order chi connectivity index (χ1) is 11.7. The Hall–Kier alpha value is -1.95. The molecule has 1 aliphatic heterocycles. The average Bonchev–Trinajstić information content (AvgIpc) is 3.33. The molecule has 24 heavy (non-hydrogen) atoms. The van der Waals surface area contributed by atoms with Gasteiger partial charge in [0, 0.05) is 12.0 Å². The van der Waals surface area contributed by atoms with E-state index >= 15 is 0 Å². The van der Waals surface area contributed by atoms with Crippen LogP contribution < -0.4 is 0 Å². The van der Waals surface area contributed by atoms with Gasteiger partial charge in [0.05, 0.1) is 22.3 Å². The molecule has 120 valence electrons. The highest BCUT2D eigenvalue weighted by Gasteiger charge is 2.34. The zero-order valence-electron chi connectivity index (χ0n) is 12.6. The minimum Gasteiger partial charge on any atom is -0.267 e. The summed E-state index contributed by atoms with van der Waals surface area (Å²) in [6, 6.07) is 11.1. The van der Waals surface area contributed by atoms with E-state index in [2.05, 4.69) is 15.9 Å². The van der Waals surface area contributed by atoms with Crippen molar-refractivity contribution in [2.24, 2.45) is 5.10 Å². The highest BCUT2D eigenvalue weighted by Crippen LogP contribution is 2.36. The number of nitrogens with zero attached hydrogens (tertiary/aromatic N) is 2. The maximum atomic E-state index is 13.0. The van der Waals surface area contributed by atoms with E-state index in [4.69, 9.17) is 11.6 Å². The predicted molar refractivity (Wildman–Crippen MR) is 100 cm³/mol. The summed E-state index contributed by atoms with van der Waals surface area (Å²) >= 11 is 9.47. The summed E-state index contributed by atoms with van der Waals surface area (Å²) in [5, 5.41) is 14.9. The van der Waals surface area contributed by atoms with E-state index in [0.29, 0.717) is 17.0 Å². The first kappa shape index (κ1) is 15.6. The van der Waals surface area contributed by atoms with Gasteiger partial charge in [-0.1, -0.05) is 23.7 Å². The van der Waals surface area contributed by atoms with Crippen molar-refractivity contribution in [1.29, 1.82) is 0 Å². The first-order valence-corrected chi connectivity index (χ1v) is 9.70. The van der Waals surface area contributed by atoms with Gasteiger partial charge in [-0.25, -0.2) is 5.01 Å². The Kier molecular flexibility index (Phi) is 4.22. The first-order valence-electron chi connectivity index (χ1n) is 7.44. The van der Waals surface area contributed by atoms with Crippen LogP contribution in [-0.2, 0) is 0 Å². The quantitative estimate of drug-likeness (QED) is 0.601. The maximum Gasteiger partial charge on any atom is 0.276 e. The summed E-state index contributed by atoms with van der Waals surface area (Å²) in [5.41, 5.74) is 3.60. The second kappa shape index (κ2) is 6.51. The molecule has 4 rings (SSSR count). The summed E-state index contributed by atoms with van der Waals surface area (Å²) in [7, 11) is 0. The Morgan fingerprint density at radius 2 is 1.92 bits per heavy atom. The van der Waals surface area contributed by atoms with Crippen LogP contribution in [0.25, 0.3) is 0 Å². The number of rotatable bonds is 3. The molecular weight excluding hydrogens is 360 g/mol. The van der Waals surface area contributed by atoms with Crippen LogP contribution in [-0.4, -0.2) is 16.6 Å². The van der Waals surface area contributed by atoms with Gasteiger partial charge in [0.2, 0.25) is 0 Å². The molecular formula is C18H13ClN2OS2. The number of hydrazone groups is 1. The lowest BCUT2D eigenvalue weighted by Crippen LogP contribution is -2.27. The highest BCUT2D eigenvalue weighted by molar-refractivity contribution is 7.08. The molecule has 1 aromatic carbocycles. The average molecular weight is 373 g/mol. The topological polar surface area (TPSA) is 32.7 Å². The number of hydrogen-bond acceptors (Lipinski definition) is 4. The van der Waals surface area contributed by atoms with Crippen molar-refractivity contribution >= 4 is 45.9 Å². The van der Waals surface area contributed by atoms with Gasteiger partial charge in [-0.15, -0.1) is 0 Å². The molecule has 1 atom stereocenters.